The van der Waals surface area contributed by atoms with Crippen molar-refractivity contribution in [1.82, 2.24) is 0 Å². The Kier molecular flexibility index (Phi) is 10.2. The van der Waals surface area contributed by atoms with Gasteiger partial charge in [-0.15, -0.1) is 0 Å². The molecule has 6 aliphatic heterocycles. The number of aliphatic imine (C=N–C) groups is 2. The first-order valence-electron chi connectivity index (χ1n) is 19.4. The van der Waals surface area contributed by atoms with Crippen LogP contribution in [0.4, 0.5) is 23.2 Å². The Morgan fingerprint density at radius 2 is 1.27 bits per heavy atom. The van der Waals surface area contributed by atoms with Crippen LogP contribution >= 0.6 is 15.9 Å². The Hall–Kier alpha value is -5.10. The molecule has 0 radical (unpaired) electrons. The highest BCUT2D eigenvalue weighted by Gasteiger charge is 2.48. The molecule has 4 aromatic carbocycles. The van der Waals surface area contributed by atoms with Crippen molar-refractivity contribution >= 4 is 33.3 Å². The number of ether oxygens (including phenoxy) is 7. The van der Waals surface area contributed by atoms with Crippen LogP contribution in [0.5, 0.6) is 34.5 Å². The molecule has 2 spiro atoms. The maximum atomic E-state index is 15.4. The molecule has 0 saturated carbocycles. The summed E-state index contributed by atoms with van der Waals surface area (Å²) >= 11 is 3.46. The molecule has 10 rings (SSSR count). The number of hydrogen-bond acceptors (Lipinski definition) is 12. The van der Waals surface area contributed by atoms with Crippen LogP contribution in [0.3, 0.4) is 0 Å². The molecule has 0 amide bonds. The smallest absolute Gasteiger partial charge is 0.251 e. The molecular formula is C43H42BrF4N5O7. The van der Waals surface area contributed by atoms with Crippen molar-refractivity contribution < 1.29 is 50.7 Å². The predicted molar refractivity (Wildman–Crippen MR) is 217 cm³/mol. The van der Waals surface area contributed by atoms with E-state index in [1.165, 1.54) is 19.2 Å². The fraction of sp³-hybridized carbons (Fsp3) is 0.395. The lowest BCUT2D eigenvalue weighted by Gasteiger charge is -2.41. The van der Waals surface area contributed by atoms with E-state index in [1.807, 2.05) is 30.0 Å². The van der Waals surface area contributed by atoms with Gasteiger partial charge in [0.05, 0.1) is 40.1 Å². The van der Waals surface area contributed by atoms with Crippen LogP contribution in [0.2, 0.25) is 0 Å². The lowest BCUT2D eigenvalue weighted by Crippen LogP contribution is -2.44. The van der Waals surface area contributed by atoms with Crippen molar-refractivity contribution in [2.24, 2.45) is 26.9 Å². The van der Waals surface area contributed by atoms with E-state index >= 15 is 4.39 Å². The molecule has 0 aliphatic carbocycles. The first kappa shape index (κ1) is 40.3. The molecule has 2 saturated heterocycles. The minimum absolute atomic E-state index is 0.0421. The number of hydrogen-bond donors (Lipinski definition) is 2. The summed E-state index contributed by atoms with van der Waals surface area (Å²) in [6.07, 6.45) is -0.419. The quantitative estimate of drug-likeness (QED) is 0.193. The van der Waals surface area contributed by atoms with Crippen LogP contribution in [0.15, 0.2) is 75.1 Å². The van der Waals surface area contributed by atoms with Crippen LogP contribution < -0.4 is 35.3 Å². The van der Waals surface area contributed by atoms with E-state index in [0.29, 0.717) is 65.3 Å². The number of anilines is 1. The summed E-state index contributed by atoms with van der Waals surface area (Å²) in [6.45, 7) is 4.80. The summed E-state index contributed by atoms with van der Waals surface area (Å²) in [4.78, 5) is 11.4. The number of amidine groups is 2. The fourth-order valence-corrected chi connectivity index (χ4v) is 8.73. The minimum Gasteiger partial charge on any atom is -0.497 e. The molecule has 2 atom stereocenters. The monoisotopic (exact) mass is 895 g/mol. The summed E-state index contributed by atoms with van der Waals surface area (Å²) in [5.41, 5.74) is 13.0. The molecular weight excluding hydrogens is 854 g/mol. The van der Waals surface area contributed by atoms with Gasteiger partial charge in [-0.2, -0.15) is 0 Å². The van der Waals surface area contributed by atoms with Gasteiger partial charge in [0.2, 0.25) is 0 Å². The third-order valence-corrected chi connectivity index (χ3v) is 12.0. The first-order valence-corrected chi connectivity index (χ1v) is 20.2. The maximum Gasteiger partial charge on any atom is 0.251 e. The van der Waals surface area contributed by atoms with Crippen molar-refractivity contribution in [2.75, 3.05) is 71.3 Å². The van der Waals surface area contributed by atoms with Crippen LogP contribution in [-0.4, -0.2) is 84.0 Å². The van der Waals surface area contributed by atoms with Gasteiger partial charge in [-0.25, -0.2) is 17.6 Å². The van der Waals surface area contributed by atoms with Gasteiger partial charge in [-0.1, -0.05) is 22.9 Å². The zero-order chi connectivity index (χ0) is 42.0. The Balaban J connectivity index is 0.000000167. The number of alkyl halides is 2. The van der Waals surface area contributed by atoms with E-state index in [9.17, 15) is 13.2 Å². The molecule has 6 heterocycles. The zero-order valence-electron chi connectivity index (χ0n) is 32.8. The van der Waals surface area contributed by atoms with Crippen LogP contribution in [-0.2, 0) is 25.3 Å². The number of benzene rings is 4. The van der Waals surface area contributed by atoms with E-state index in [1.54, 1.807) is 30.3 Å². The zero-order valence-corrected chi connectivity index (χ0v) is 34.4. The van der Waals surface area contributed by atoms with E-state index < -0.39 is 28.6 Å². The van der Waals surface area contributed by atoms with Gasteiger partial charge in [-0.05, 0) is 48.5 Å². The van der Waals surface area contributed by atoms with Gasteiger partial charge in [0.25, 0.3) is 5.92 Å². The number of fused-ring (bicyclic) bond motifs is 8. The van der Waals surface area contributed by atoms with Gasteiger partial charge in [-0.3, -0.25) is 9.98 Å². The number of piperidine rings is 1. The minimum atomic E-state index is -2.65. The largest absolute Gasteiger partial charge is 0.497 e. The molecule has 4 N–H and O–H groups in total. The number of nitrogens with zero attached hydrogens (tertiary/aromatic N) is 3. The predicted octanol–water partition coefficient (Wildman–Crippen LogP) is 7.55. The highest BCUT2D eigenvalue weighted by molar-refractivity contribution is 9.10. The van der Waals surface area contributed by atoms with Gasteiger partial charge < -0.3 is 49.5 Å². The number of halogens is 5. The molecule has 316 valence electrons. The van der Waals surface area contributed by atoms with Crippen LogP contribution in [0.1, 0.15) is 42.0 Å². The van der Waals surface area contributed by atoms with Gasteiger partial charge in [0.1, 0.15) is 59.0 Å². The summed E-state index contributed by atoms with van der Waals surface area (Å²) in [5, 5.41) is 0. The number of methoxy groups -OCH3 is 1. The Labute approximate surface area is 351 Å². The van der Waals surface area contributed by atoms with Gasteiger partial charge in [0, 0.05) is 75.9 Å². The SMILES string of the molecule is CC1(COc2cc(F)c3c(c2)[C@]2(COCC(N)=N2)c2cc(N4CCC(F)(F)CC4)ccc2O3)COC1.COc1cc(F)c2c(c1)[C@]1(COCC(N)=N1)c1cc(Br)ccc1O2. The maximum absolute atomic E-state index is 15.4. The van der Waals surface area contributed by atoms with E-state index in [2.05, 4.69) is 20.9 Å². The third-order valence-electron chi connectivity index (χ3n) is 11.5. The summed E-state index contributed by atoms with van der Waals surface area (Å²) in [7, 11) is 1.48. The van der Waals surface area contributed by atoms with Gasteiger partial charge in [0.15, 0.2) is 23.1 Å². The Morgan fingerprint density at radius 3 is 1.82 bits per heavy atom. The van der Waals surface area contributed by atoms with Crippen molar-refractivity contribution in [3.8, 4) is 34.5 Å². The molecule has 60 heavy (non-hydrogen) atoms. The lowest BCUT2D eigenvalue weighted by molar-refractivity contribution is -0.120. The molecule has 0 bridgehead atoms. The fourth-order valence-electron chi connectivity index (χ4n) is 8.37. The Morgan fingerprint density at radius 1 is 0.717 bits per heavy atom. The summed E-state index contributed by atoms with van der Waals surface area (Å²) in [6, 6.07) is 16.9. The van der Waals surface area contributed by atoms with Crippen molar-refractivity contribution in [3.05, 3.63) is 99.0 Å². The average molecular weight is 897 g/mol. The van der Waals surface area contributed by atoms with Crippen LogP contribution in [0, 0.1) is 17.0 Å². The molecule has 2 fully saturated rings. The Bertz CT molecular complexity index is 2420. The summed E-state index contributed by atoms with van der Waals surface area (Å²) < 4.78 is 98.1. The van der Waals surface area contributed by atoms with E-state index in [-0.39, 0.29) is 75.1 Å². The van der Waals surface area contributed by atoms with E-state index in [0.717, 1.165) is 15.7 Å². The standard InChI is InChI=1S/C26H28F3N3O4.C17H14BrFN2O3/c1-24(12-34-13-24)14-35-17-9-19-23(20(27)10-17)36-21-3-2-16(32-6-4-25(28,29)5-7-32)8-18(21)26(19)15-33-11-22(30)31-26;1-22-10-5-12-16(13(19)6-10)24-14-3-2-9(18)4-11(14)17(12)8-23-7-15(20)21-17/h2-3,8-10H,4-7,11-15H2,1H3,(H2,30,31);2-6H,7-8H2,1H3,(H2,20,21)/t26-;17-/m00/s1. The van der Waals surface area contributed by atoms with Crippen molar-refractivity contribution in [2.45, 2.75) is 36.8 Å². The topological polar surface area (TPSA) is 145 Å². The normalized spacial score (nSPS) is 24.1. The van der Waals surface area contributed by atoms with Crippen molar-refractivity contribution in [1.29, 1.82) is 0 Å². The molecule has 12 nitrogen and oxygen atoms in total. The van der Waals surface area contributed by atoms with Crippen LogP contribution in [0.25, 0.3) is 0 Å². The highest BCUT2D eigenvalue weighted by Crippen LogP contribution is 2.54. The lowest BCUT2D eigenvalue weighted by atomic mass is 9.80. The van der Waals surface area contributed by atoms with Gasteiger partial charge >= 0.3 is 0 Å². The van der Waals surface area contributed by atoms with E-state index in [4.69, 9.17) is 49.6 Å². The second-order valence-electron chi connectivity index (χ2n) is 16.1. The molecule has 4 aromatic rings. The molecule has 0 aromatic heterocycles. The molecule has 17 heteroatoms. The number of rotatable bonds is 5. The number of nitrogens with two attached hydrogens (primary N) is 2. The second-order valence-corrected chi connectivity index (χ2v) is 17.1. The first-order chi connectivity index (χ1) is 28.7. The third kappa shape index (κ3) is 7.18. The highest BCUT2D eigenvalue weighted by atomic mass is 79.9. The second kappa shape index (κ2) is 15.1. The molecule has 0 unspecified atom stereocenters. The molecule has 6 aliphatic rings. The summed E-state index contributed by atoms with van der Waals surface area (Å²) in [5.74, 6) is -1.29. The van der Waals surface area contributed by atoms with Crippen molar-refractivity contribution in [3.63, 3.8) is 0 Å². The average Bonchev–Trinajstić information content (AvgIpc) is 3.21.